The number of hydrogen-bond acceptors (Lipinski definition) is 15. The minimum Gasteiger partial charge on any atom is -0.466 e. The van der Waals surface area contributed by atoms with Crippen LogP contribution in [0.15, 0.2) is 60.7 Å². The van der Waals surface area contributed by atoms with Crippen LogP contribution in [0, 0.1) is 11.8 Å². The Labute approximate surface area is 393 Å². The molecule has 67 heavy (non-hydrogen) atoms. The lowest BCUT2D eigenvalue weighted by molar-refractivity contribution is -0.153. The van der Waals surface area contributed by atoms with E-state index in [1.807, 2.05) is 36.4 Å². The van der Waals surface area contributed by atoms with Gasteiger partial charge in [-0.2, -0.15) is 0 Å². The lowest BCUT2D eigenvalue weighted by atomic mass is 10.0. The molecule has 0 aliphatic carbocycles. The average Bonchev–Trinajstić information content (AvgIpc) is 4.12. The molecule has 4 bridgehead atoms. The highest BCUT2D eigenvalue weighted by molar-refractivity contribution is 5.91. The van der Waals surface area contributed by atoms with E-state index in [9.17, 15) is 28.8 Å². The molecule has 7 rings (SSSR count). The molecule has 0 aromatic heterocycles. The molecule has 5 aliphatic rings. The third-order valence-electron chi connectivity index (χ3n) is 14.0. The minimum absolute atomic E-state index is 0.0199. The lowest BCUT2D eigenvalue weighted by Gasteiger charge is -2.30. The second-order valence-corrected chi connectivity index (χ2v) is 18.3. The maximum absolute atomic E-state index is 14.6. The van der Waals surface area contributed by atoms with Crippen LogP contribution >= 0.6 is 0 Å². The molecule has 5 saturated heterocycles. The van der Waals surface area contributed by atoms with Crippen LogP contribution in [0.3, 0.4) is 0 Å². The van der Waals surface area contributed by atoms with Gasteiger partial charge in [0.2, 0.25) is 17.7 Å². The standard InChI is InChI=1S/C48H69N9O10/c1-31(50-2)45(60)53-37-30-67-43(59)15-14-42(58)66-21-18-36(52-46(61)44(49)51-3)47(62)56-28-40(34-24-54(26-38(34)56)19-16-32-10-6-4-7-11-32)64-22-23-65-41-29-57(48(37)63)39-27-55(25-35(39)41)20-17-33-12-8-5-9-13-33/h4-13,31,34-41,44,50-51H,14-30,49H2,1-3H3,(H,52,61)(H,53,60)/t31-,34-,35-,36-,37-,38+,39+,40+,41+,44+/m0/s1. The first kappa shape index (κ1) is 49.9. The zero-order valence-corrected chi connectivity index (χ0v) is 39.0. The van der Waals surface area contributed by atoms with Gasteiger partial charge in [-0.3, -0.25) is 34.1 Å². The number of fused-ring (bicyclic) bond motifs is 10. The summed E-state index contributed by atoms with van der Waals surface area (Å²) in [5, 5.41) is 11.2. The number of nitrogens with two attached hydrogens (primary N) is 1. The number of cyclic esters (lactones) is 2. The van der Waals surface area contributed by atoms with Crippen LogP contribution in [0.2, 0.25) is 0 Å². The summed E-state index contributed by atoms with van der Waals surface area (Å²) in [5.74, 6) is -3.28. The Kier molecular flexibility index (Phi) is 17.7. The minimum atomic E-state index is -1.19. The van der Waals surface area contributed by atoms with Crippen molar-refractivity contribution < 1.29 is 47.7 Å². The van der Waals surface area contributed by atoms with Crippen molar-refractivity contribution in [1.82, 2.24) is 40.9 Å². The molecule has 366 valence electrons. The zero-order chi connectivity index (χ0) is 47.5. The molecule has 0 radical (unpaired) electrons. The van der Waals surface area contributed by atoms with Gasteiger partial charge in [0.15, 0.2) is 0 Å². The molecule has 0 saturated carbocycles. The third kappa shape index (κ3) is 13.0. The molecule has 0 spiro atoms. The fourth-order valence-electron chi connectivity index (χ4n) is 10.1. The van der Waals surface area contributed by atoms with Gasteiger partial charge in [0, 0.05) is 70.6 Å². The molecular formula is C48H69N9O10. The van der Waals surface area contributed by atoms with E-state index in [1.165, 1.54) is 18.2 Å². The number of carbonyl (C=O) groups excluding carboxylic acids is 6. The number of likely N-dealkylation sites (N-methyl/N-ethyl adjacent to an activating group) is 2. The van der Waals surface area contributed by atoms with E-state index in [0.29, 0.717) is 32.7 Å². The second-order valence-electron chi connectivity index (χ2n) is 18.3. The Hall–Kier alpha value is -5.02. The third-order valence-corrected chi connectivity index (χ3v) is 14.0. The fraction of sp³-hybridized carbons (Fsp3) is 0.625. The first-order chi connectivity index (χ1) is 32.4. The van der Waals surface area contributed by atoms with Gasteiger partial charge in [0.25, 0.3) is 5.91 Å². The van der Waals surface area contributed by atoms with Crippen LogP contribution < -0.4 is 27.0 Å². The highest BCUT2D eigenvalue weighted by atomic mass is 16.5. The van der Waals surface area contributed by atoms with Gasteiger partial charge in [-0.1, -0.05) is 60.7 Å². The molecule has 0 unspecified atom stereocenters. The van der Waals surface area contributed by atoms with Gasteiger partial charge < -0.3 is 60.2 Å². The molecule has 10 atom stereocenters. The normalized spacial score (nSPS) is 29.1. The topological polar surface area (TPSA) is 226 Å². The van der Waals surface area contributed by atoms with Crippen LogP contribution in [0.1, 0.15) is 37.3 Å². The van der Waals surface area contributed by atoms with Gasteiger partial charge in [-0.05, 0) is 45.0 Å². The summed E-state index contributed by atoms with van der Waals surface area (Å²) < 4.78 is 24.3. The highest BCUT2D eigenvalue weighted by Crippen LogP contribution is 2.36. The number of benzene rings is 2. The van der Waals surface area contributed by atoms with Gasteiger partial charge >= 0.3 is 11.9 Å². The van der Waals surface area contributed by atoms with E-state index < -0.39 is 54.7 Å². The molecule has 19 heteroatoms. The van der Waals surface area contributed by atoms with Crippen LogP contribution in [0.5, 0.6) is 0 Å². The quantitative estimate of drug-likeness (QED) is 0.126. The van der Waals surface area contributed by atoms with Crippen molar-refractivity contribution in [1.29, 1.82) is 0 Å². The van der Waals surface area contributed by atoms with Crippen molar-refractivity contribution in [3.63, 3.8) is 0 Å². The number of amides is 4. The summed E-state index contributed by atoms with van der Waals surface area (Å²) in [6.45, 7) is 6.23. The number of nitrogens with zero attached hydrogens (tertiary/aromatic N) is 4. The molecule has 19 nitrogen and oxygen atoms in total. The van der Waals surface area contributed by atoms with Crippen molar-refractivity contribution in [3.8, 4) is 0 Å². The van der Waals surface area contributed by atoms with Gasteiger partial charge in [-0.15, -0.1) is 0 Å². The first-order valence-corrected chi connectivity index (χ1v) is 23.8. The lowest BCUT2D eigenvalue weighted by Crippen LogP contribution is -2.57. The van der Waals surface area contributed by atoms with Crippen molar-refractivity contribution >= 4 is 35.6 Å². The molecule has 2 aromatic rings. The number of esters is 2. The predicted octanol–water partition coefficient (Wildman–Crippen LogP) is -1.12. The van der Waals surface area contributed by atoms with Crippen molar-refractivity contribution in [3.05, 3.63) is 71.8 Å². The van der Waals surface area contributed by atoms with E-state index in [1.54, 1.807) is 23.8 Å². The predicted molar refractivity (Wildman–Crippen MR) is 246 cm³/mol. The monoisotopic (exact) mass is 932 g/mol. The van der Waals surface area contributed by atoms with E-state index in [2.05, 4.69) is 55.3 Å². The second kappa shape index (κ2) is 23.8. The maximum Gasteiger partial charge on any atom is 0.306 e. The Balaban J connectivity index is 1.11. The Bertz CT molecular complexity index is 2000. The van der Waals surface area contributed by atoms with E-state index in [0.717, 1.165) is 25.9 Å². The van der Waals surface area contributed by atoms with Crippen LogP contribution in [-0.4, -0.2) is 197 Å². The van der Waals surface area contributed by atoms with Crippen LogP contribution in [0.4, 0.5) is 0 Å². The molecule has 5 heterocycles. The van der Waals surface area contributed by atoms with E-state index in [4.69, 9.17) is 24.7 Å². The van der Waals surface area contributed by atoms with Crippen molar-refractivity contribution in [2.45, 2.75) is 87.6 Å². The highest BCUT2D eigenvalue weighted by Gasteiger charge is 2.52. The summed E-state index contributed by atoms with van der Waals surface area (Å²) in [6, 6.07) is 17.2. The van der Waals surface area contributed by atoms with Gasteiger partial charge in [0.05, 0.1) is 63.0 Å². The summed E-state index contributed by atoms with van der Waals surface area (Å²) in [7, 11) is 3.17. The molecule has 5 aliphatic heterocycles. The van der Waals surface area contributed by atoms with Crippen molar-refractivity contribution in [2.75, 3.05) is 92.9 Å². The van der Waals surface area contributed by atoms with Crippen molar-refractivity contribution in [2.24, 2.45) is 17.6 Å². The van der Waals surface area contributed by atoms with E-state index >= 15 is 0 Å². The summed E-state index contributed by atoms with van der Waals surface area (Å²) in [4.78, 5) is 89.8. The molecular weight excluding hydrogens is 863 g/mol. The Morgan fingerprint density at radius 3 is 1.64 bits per heavy atom. The van der Waals surface area contributed by atoms with E-state index in [-0.39, 0.29) is 93.6 Å². The largest absolute Gasteiger partial charge is 0.466 e. The number of likely N-dealkylation sites (tertiary alicyclic amines) is 2. The number of carbonyl (C=O) groups is 6. The number of rotatable bonds is 12. The fourth-order valence-corrected chi connectivity index (χ4v) is 10.1. The number of hydrogen-bond donors (Lipinski definition) is 5. The number of nitrogens with one attached hydrogen (secondary N) is 4. The van der Waals surface area contributed by atoms with Gasteiger partial charge in [0.1, 0.15) is 24.9 Å². The molecule has 6 N–H and O–H groups in total. The van der Waals surface area contributed by atoms with Gasteiger partial charge in [-0.25, -0.2) is 0 Å². The first-order valence-electron chi connectivity index (χ1n) is 23.8. The molecule has 4 amide bonds. The molecule has 2 aromatic carbocycles. The summed E-state index contributed by atoms with van der Waals surface area (Å²) >= 11 is 0. The Morgan fingerprint density at radius 1 is 0.642 bits per heavy atom. The maximum atomic E-state index is 14.6. The smallest absolute Gasteiger partial charge is 0.306 e. The SMILES string of the molecule is CN[C@@H](C)C(=O)N[C@H]1COC(=O)CCC(=O)OCC[C@H](NC(=O)[C@H](N)NC)C(=O)N2C[C@@H](OCCO[C@@H]3CN(C1=O)[C@@H]1CN(CCc4ccccc4)C[C@@H]13)[C@H]1CN(CCc3ccccc3)C[C@H]12. The average molecular weight is 932 g/mol. The number of ether oxygens (including phenoxy) is 4. The Morgan fingerprint density at radius 2 is 1.13 bits per heavy atom. The van der Waals surface area contributed by atoms with Crippen LogP contribution in [0.25, 0.3) is 0 Å². The van der Waals surface area contributed by atoms with Crippen LogP contribution in [-0.2, 0) is 60.6 Å². The summed E-state index contributed by atoms with van der Waals surface area (Å²) in [6.07, 6.45) is -0.807. The molecule has 5 fully saturated rings. The zero-order valence-electron chi connectivity index (χ0n) is 39.0. The summed E-state index contributed by atoms with van der Waals surface area (Å²) in [5.41, 5.74) is 8.42.